The number of nitrogens with zero attached hydrogens (tertiary/aromatic N) is 1. The third kappa shape index (κ3) is 1.18. The van der Waals surface area contributed by atoms with Crippen LogP contribution >= 0.6 is 0 Å². The van der Waals surface area contributed by atoms with Crippen LogP contribution in [0, 0.1) is 0 Å². The van der Waals surface area contributed by atoms with E-state index in [2.05, 4.69) is 17.1 Å². The predicted molar refractivity (Wildman–Crippen MR) is 67.0 cm³/mol. The molecule has 1 aromatic heterocycles. The molecule has 0 amide bonds. The lowest BCUT2D eigenvalue weighted by atomic mass is 10.0. The maximum Gasteiger partial charge on any atom is 0.225 e. The molecule has 2 heterocycles. The first kappa shape index (κ1) is 10.2. The highest BCUT2D eigenvalue weighted by atomic mass is 16.7. The highest BCUT2D eigenvalue weighted by Gasteiger charge is 2.47. The summed E-state index contributed by atoms with van der Waals surface area (Å²) < 4.78 is 12.0. The van der Waals surface area contributed by atoms with Crippen molar-refractivity contribution < 1.29 is 9.47 Å². The van der Waals surface area contributed by atoms with Crippen LogP contribution in [0.25, 0.3) is 11.3 Å². The Kier molecular flexibility index (Phi) is 2.07. The maximum atomic E-state index is 6.02. The van der Waals surface area contributed by atoms with Crippen molar-refractivity contribution >= 4 is 0 Å². The predicted octanol–water partition coefficient (Wildman–Crippen LogP) is 2.70. The van der Waals surface area contributed by atoms with Crippen molar-refractivity contribution in [3.05, 3.63) is 53.7 Å². The first-order valence-electron chi connectivity index (χ1n) is 6.25. The number of pyridine rings is 1. The minimum atomic E-state index is -0.724. The van der Waals surface area contributed by atoms with Gasteiger partial charge < -0.3 is 9.47 Å². The van der Waals surface area contributed by atoms with Crippen LogP contribution in [0.5, 0.6) is 0 Å². The van der Waals surface area contributed by atoms with Gasteiger partial charge in [0.2, 0.25) is 5.79 Å². The summed E-state index contributed by atoms with van der Waals surface area (Å²) in [5.74, 6) is -0.724. The molecule has 3 heteroatoms. The van der Waals surface area contributed by atoms with E-state index in [-0.39, 0.29) is 0 Å². The third-order valence-electron chi connectivity index (χ3n) is 3.60. The number of ether oxygens (including phenoxy) is 2. The lowest BCUT2D eigenvalue weighted by molar-refractivity contribution is -0.247. The fourth-order valence-electron chi connectivity index (χ4n) is 2.85. The molecule has 18 heavy (non-hydrogen) atoms. The molecule has 3 nitrogen and oxygen atoms in total. The molecule has 0 radical (unpaired) electrons. The zero-order chi connectivity index (χ0) is 12.0. The Morgan fingerprint density at radius 1 is 0.944 bits per heavy atom. The molecule has 1 aromatic carbocycles. The molecule has 0 saturated carbocycles. The van der Waals surface area contributed by atoms with Crippen molar-refractivity contribution in [1.29, 1.82) is 0 Å². The molecule has 2 aromatic rings. The van der Waals surface area contributed by atoms with Gasteiger partial charge in [0.05, 0.1) is 18.9 Å². The van der Waals surface area contributed by atoms with Crippen molar-refractivity contribution in [1.82, 2.24) is 4.98 Å². The Balaban J connectivity index is 2.03. The van der Waals surface area contributed by atoms with E-state index in [4.69, 9.17) is 9.47 Å². The second-order valence-corrected chi connectivity index (χ2v) is 4.61. The van der Waals surface area contributed by atoms with Gasteiger partial charge in [-0.1, -0.05) is 24.3 Å². The molecule has 1 fully saturated rings. The summed E-state index contributed by atoms with van der Waals surface area (Å²) >= 11 is 0. The number of fused-ring (bicyclic) bond motifs is 5. The van der Waals surface area contributed by atoms with Crippen molar-refractivity contribution in [2.45, 2.75) is 12.2 Å². The topological polar surface area (TPSA) is 31.4 Å². The zero-order valence-corrected chi connectivity index (χ0v) is 9.93. The van der Waals surface area contributed by atoms with Crippen molar-refractivity contribution in [3.8, 4) is 11.3 Å². The molecule has 0 atom stereocenters. The van der Waals surface area contributed by atoms with E-state index in [0.717, 1.165) is 42.0 Å². The average Bonchev–Trinajstić information content (AvgIpc) is 2.72. The summed E-state index contributed by atoms with van der Waals surface area (Å²) in [5.41, 5.74) is 4.22. The Morgan fingerprint density at radius 2 is 1.72 bits per heavy atom. The van der Waals surface area contributed by atoms with Crippen LogP contribution in [0.4, 0.5) is 0 Å². The second kappa shape index (κ2) is 3.64. The van der Waals surface area contributed by atoms with Gasteiger partial charge in [0.1, 0.15) is 0 Å². The summed E-state index contributed by atoms with van der Waals surface area (Å²) in [5, 5.41) is 0. The van der Waals surface area contributed by atoms with Gasteiger partial charge in [-0.2, -0.15) is 0 Å². The number of rotatable bonds is 0. The van der Waals surface area contributed by atoms with E-state index in [1.54, 1.807) is 0 Å². The monoisotopic (exact) mass is 239 g/mol. The van der Waals surface area contributed by atoms with Gasteiger partial charge in [-0.15, -0.1) is 0 Å². The summed E-state index contributed by atoms with van der Waals surface area (Å²) in [7, 11) is 0. The molecule has 4 rings (SSSR count). The van der Waals surface area contributed by atoms with Crippen LogP contribution in [-0.4, -0.2) is 18.2 Å². The summed E-state index contributed by atoms with van der Waals surface area (Å²) in [6.45, 7) is 1.45. The van der Waals surface area contributed by atoms with E-state index in [1.807, 2.05) is 30.5 Å². The Labute approximate surface area is 105 Å². The second-order valence-electron chi connectivity index (χ2n) is 4.61. The Morgan fingerprint density at radius 3 is 2.61 bits per heavy atom. The Hall–Kier alpha value is -1.71. The van der Waals surface area contributed by atoms with Gasteiger partial charge in [-0.3, -0.25) is 4.98 Å². The highest BCUT2D eigenvalue weighted by Crippen LogP contribution is 2.50. The van der Waals surface area contributed by atoms with Crippen molar-refractivity contribution in [2.75, 3.05) is 13.2 Å². The fraction of sp³-hybridized carbons (Fsp3) is 0.267. The third-order valence-corrected chi connectivity index (χ3v) is 3.60. The van der Waals surface area contributed by atoms with E-state index < -0.39 is 5.79 Å². The quantitative estimate of drug-likeness (QED) is 0.708. The molecule has 1 aliphatic carbocycles. The van der Waals surface area contributed by atoms with Crippen LogP contribution in [0.1, 0.15) is 17.5 Å². The zero-order valence-electron chi connectivity index (χ0n) is 9.93. The molecule has 1 saturated heterocycles. The highest BCUT2D eigenvalue weighted by molar-refractivity contribution is 5.76. The molecule has 0 unspecified atom stereocenters. The standard InChI is InChI=1S/C15H13NO2/c1-2-6-12-11(5-1)14-13(7-3-8-16-14)15(12)17-9-4-10-18-15/h1-3,5-8H,4,9-10H2. The first-order chi connectivity index (χ1) is 8.92. The largest absolute Gasteiger partial charge is 0.342 e. The molecular weight excluding hydrogens is 226 g/mol. The van der Waals surface area contributed by atoms with Crippen LogP contribution < -0.4 is 0 Å². The van der Waals surface area contributed by atoms with Crippen molar-refractivity contribution in [3.63, 3.8) is 0 Å². The minimum Gasteiger partial charge on any atom is -0.342 e. The normalized spacial score (nSPS) is 19.6. The van der Waals surface area contributed by atoms with E-state index in [0.29, 0.717) is 0 Å². The molecule has 0 N–H and O–H groups in total. The lowest BCUT2D eigenvalue weighted by Crippen LogP contribution is -2.37. The van der Waals surface area contributed by atoms with Gasteiger partial charge in [-0.25, -0.2) is 0 Å². The van der Waals surface area contributed by atoms with Gasteiger partial charge in [0.15, 0.2) is 0 Å². The summed E-state index contributed by atoms with van der Waals surface area (Å²) in [4.78, 5) is 4.49. The molecule has 1 aliphatic heterocycles. The number of hydrogen-bond donors (Lipinski definition) is 0. The van der Waals surface area contributed by atoms with E-state index in [9.17, 15) is 0 Å². The summed E-state index contributed by atoms with van der Waals surface area (Å²) in [6, 6.07) is 12.2. The van der Waals surface area contributed by atoms with Gasteiger partial charge in [-0.05, 0) is 18.6 Å². The first-order valence-corrected chi connectivity index (χ1v) is 6.25. The van der Waals surface area contributed by atoms with Crippen LogP contribution in [0.15, 0.2) is 42.6 Å². The fourth-order valence-corrected chi connectivity index (χ4v) is 2.85. The van der Waals surface area contributed by atoms with Gasteiger partial charge in [0.25, 0.3) is 0 Å². The maximum absolute atomic E-state index is 6.02. The SMILES string of the molecule is c1ccc2c(c1)-c1ncccc1C21OCCCO1. The number of aromatic nitrogens is 1. The molecular formula is C15H13NO2. The minimum absolute atomic E-state index is 0.724. The van der Waals surface area contributed by atoms with E-state index in [1.165, 1.54) is 0 Å². The number of benzene rings is 1. The summed E-state index contributed by atoms with van der Waals surface area (Å²) in [6.07, 6.45) is 2.76. The van der Waals surface area contributed by atoms with Crippen LogP contribution in [0.3, 0.4) is 0 Å². The van der Waals surface area contributed by atoms with E-state index >= 15 is 0 Å². The van der Waals surface area contributed by atoms with Gasteiger partial charge in [0, 0.05) is 22.9 Å². The average molecular weight is 239 g/mol. The number of hydrogen-bond acceptors (Lipinski definition) is 3. The van der Waals surface area contributed by atoms with Crippen molar-refractivity contribution in [2.24, 2.45) is 0 Å². The molecule has 0 bridgehead atoms. The molecule has 1 spiro atoms. The van der Waals surface area contributed by atoms with Crippen LogP contribution in [-0.2, 0) is 15.3 Å². The molecule has 90 valence electrons. The Bertz CT molecular complexity index is 555. The smallest absolute Gasteiger partial charge is 0.225 e. The lowest BCUT2D eigenvalue weighted by Gasteiger charge is -2.35. The molecule has 2 aliphatic rings. The van der Waals surface area contributed by atoms with Crippen LogP contribution in [0.2, 0.25) is 0 Å². The van der Waals surface area contributed by atoms with Gasteiger partial charge >= 0.3 is 0 Å².